The summed E-state index contributed by atoms with van der Waals surface area (Å²) >= 11 is 0. The summed E-state index contributed by atoms with van der Waals surface area (Å²) in [6.45, 7) is 4.96. The molecule has 0 saturated carbocycles. The van der Waals surface area contributed by atoms with E-state index in [1.165, 1.54) is 6.07 Å². The normalized spacial score (nSPS) is 10.5. The quantitative estimate of drug-likeness (QED) is 0.303. The average Bonchev–Trinajstić information content (AvgIpc) is 2.73. The summed E-state index contributed by atoms with van der Waals surface area (Å²) in [6.07, 6.45) is 0.215. The second kappa shape index (κ2) is 12.5. The van der Waals surface area contributed by atoms with Crippen LogP contribution in [-0.4, -0.2) is 37.2 Å². The van der Waals surface area contributed by atoms with E-state index >= 15 is 0 Å². The molecule has 0 unspecified atom stereocenters. The number of ether oxygens (including phenoxy) is 2. The molecule has 1 amide bonds. The SMILES string of the molecule is CCOCCOCc1cccc(CNC(=O)CCNc2ccccc2[N+](=O)[O-])c1. The Morgan fingerprint density at radius 3 is 2.62 bits per heavy atom. The van der Waals surface area contributed by atoms with Gasteiger partial charge in [0.1, 0.15) is 5.69 Å². The maximum Gasteiger partial charge on any atom is 0.292 e. The number of hydrogen-bond donors (Lipinski definition) is 2. The first-order valence-corrected chi connectivity index (χ1v) is 9.57. The van der Waals surface area contributed by atoms with E-state index in [-0.39, 0.29) is 18.0 Å². The molecule has 0 atom stereocenters. The van der Waals surface area contributed by atoms with Crippen LogP contribution < -0.4 is 10.6 Å². The molecule has 2 rings (SSSR count). The molecule has 0 fully saturated rings. The maximum atomic E-state index is 12.1. The van der Waals surface area contributed by atoms with Gasteiger partial charge in [-0.3, -0.25) is 14.9 Å². The van der Waals surface area contributed by atoms with Gasteiger partial charge in [-0.25, -0.2) is 0 Å². The van der Waals surface area contributed by atoms with Crippen LogP contribution in [0.15, 0.2) is 48.5 Å². The monoisotopic (exact) mass is 401 g/mol. The number of anilines is 1. The number of nitrogens with one attached hydrogen (secondary N) is 2. The highest BCUT2D eigenvalue weighted by Gasteiger charge is 2.12. The molecule has 0 heterocycles. The van der Waals surface area contributed by atoms with Gasteiger partial charge in [0, 0.05) is 32.2 Å². The minimum absolute atomic E-state index is 0.00630. The van der Waals surface area contributed by atoms with Gasteiger partial charge < -0.3 is 20.1 Å². The van der Waals surface area contributed by atoms with Crippen molar-refractivity contribution in [2.24, 2.45) is 0 Å². The molecule has 8 nitrogen and oxygen atoms in total. The third-order valence-electron chi connectivity index (χ3n) is 4.09. The average molecular weight is 401 g/mol. The van der Waals surface area contributed by atoms with E-state index in [1.54, 1.807) is 18.2 Å². The molecule has 0 bridgehead atoms. The first-order valence-electron chi connectivity index (χ1n) is 9.57. The minimum Gasteiger partial charge on any atom is -0.379 e. The fraction of sp³-hybridized carbons (Fsp3) is 0.381. The van der Waals surface area contributed by atoms with E-state index in [9.17, 15) is 14.9 Å². The summed E-state index contributed by atoms with van der Waals surface area (Å²) in [7, 11) is 0. The number of nitro benzene ring substituents is 1. The summed E-state index contributed by atoms with van der Waals surface area (Å²) in [5.74, 6) is -0.130. The molecule has 2 aromatic rings. The summed E-state index contributed by atoms with van der Waals surface area (Å²) < 4.78 is 10.8. The number of carbonyl (C=O) groups excluding carboxylic acids is 1. The Morgan fingerprint density at radius 1 is 1.07 bits per heavy atom. The zero-order chi connectivity index (χ0) is 20.9. The topological polar surface area (TPSA) is 103 Å². The molecular formula is C21H27N3O5. The molecule has 156 valence electrons. The van der Waals surface area contributed by atoms with Crippen LogP contribution >= 0.6 is 0 Å². The Kier molecular flexibility index (Phi) is 9.61. The number of hydrogen-bond acceptors (Lipinski definition) is 6. The first-order chi connectivity index (χ1) is 14.1. The third-order valence-corrected chi connectivity index (χ3v) is 4.09. The van der Waals surface area contributed by atoms with E-state index in [0.717, 1.165) is 11.1 Å². The molecule has 0 radical (unpaired) electrons. The van der Waals surface area contributed by atoms with Crippen LogP contribution in [0.25, 0.3) is 0 Å². The number of nitrogens with zero attached hydrogens (tertiary/aromatic N) is 1. The molecule has 2 aromatic carbocycles. The second-order valence-corrected chi connectivity index (χ2v) is 6.30. The molecule has 8 heteroatoms. The highest BCUT2D eigenvalue weighted by atomic mass is 16.6. The van der Waals surface area contributed by atoms with Crippen LogP contribution in [0.2, 0.25) is 0 Å². The number of benzene rings is 2. The van der Waals surface area contributed by atoms with Gasteiger partial charge in [0.2, 0.25) is 5.91 Å². The van der Waals surface area contributed by atoms with Gasteiger partial charge in [0.05, 0.1) is 24.7 Å². The lowest BCUT2D eigenvalue weighted by atomic mass is 10.1. The Bertz CT molecular complexity index is 797. The molecule has 0 aromatic heterocycles. The number of amides is 1. The lowest BCUT2D eigenvalue weighted by Crippen LogP contribution is -2.25. The third kappa shape index (κ3) is 8.28. The van der Waals surface area contributed by atoms with E-state index < -0.39 is 4.92 Å². The zero-order valence-corrected chi connectivity index (χ0v) is 16.6. The van der Waals surface area contributed by atoms with Crippen molar-refractivity contribution in [1.82, 2.24) is 5.32 Å². The van der Waals surface area contributed by atoms with Gasteiger partial charge in [-0.05, 0) is 24.1 Å². The predicted molar refractivity (Wildman–Crippen MR) is 111 cm³/mol. The van der Waals surface area contributed by atoms with Gasteiger partial charge in [0.15, 0.2) is 0 Å². The number of carbonyl (C=O) groups is 1. The zero-order valence-electron chi connectivity index (χ0n) is 16.6. The second-order valence-electron chi connectivity index (χ2n) is 6.30. The minimum atomic E-state index is -0.448. The van der Waals surface area contributed by atoms with Crippen LogP contribution in [0.5, 0.6) is 0 Å². The van der Waals surface area contributed by atoms with E-state index in [4.69, 9.17) is 9.47 Å². The van der Waals surface area contributed by atoms with Crippen LogP contribution in [0.4, 0.5) is 11.4 Å². The Labute approximate surface area is 170 Å². The summed E-state index contributed by atoms with van der Waals surface area (Å²) in [5.41, 5.74) is 2.41. The molecular weight excluding hydrogens is 374 g/mol. The van der Waals surface area contributed by atoms with Gasteiger partial charge in [0.25, 0.3) is 5.69 Å². The molecule has 29 heavy (non-hydrogen) atoms. The molecule has 0 saturated heterocycles. The van der Waals surface area contributed by atoms with Crippen molar-refractivity contribution >= 4 is 17.3 Å². The number of nitro groups is 1. The summed E-state index contributed by atoms with van der Waals surface area (Å²) in [4.78, 5) is 22.6. The van der Waals surface area contributed by atoms with Crippen molar-refractivity contribution in [3.63, 3.8) is 0 Å². The standard InChI is InChI=1S/C21H27N3O5/c1-2-28-12-13-29-16-18-7-5-6-17(14-18)15-23-21(25)10-11-22-19-8-3-4-9-20(19)24(26)27/h3-9,14,22H,2,10-13,15-16H2,1H3,(H,23,25). The first kappa shape index (κ1) is 22.3. The Balaban J connectivity index is 1.71. The molecule has 0 aliphatic heterocycles. The van der Waals surface area contributed by atoms with Crippen molar-refractivity contribution in [3.05, 3.63) is 69.8 Å². The van der Waals surface area contributed by atoms with Crippen molar-refractivity contribution in [3.8, 4) is 0 Å². The lowest BCUT2D eigenvalue weighted by Gasteiger charge is -2.09. The van der Waals surface area contributed by atoms with E-state index in [0.29, 0.717) is 45.2 Å². The summed E-state index contributed by atoms with van der Waals surface area (Å²) in [5, 5.41) is 16.8. The number of rotatable bonds is 13. The van der Waals surface area contributed by atoms with Crippen molar-refractivity contribution in [2.45, 2.75) is 26.5 Å². The molecule has 2 N–H and O–H groups in total. The lowest BCUT2D eigenvalue weighted by molar-refractivity contribution is -0.384. The number of para-hydroxylation sites is 2. The predicted octanol–water partition coefficient (Wildman–Crippen LogP) is 3.27. The van der Waals surface area contributed by atoms with Crippen molar-refractivity contribution in [2.75, 3.05) is 31.7 Å². The largest absolute Gasteiger partial charge is 0.379 e. The van der Waals surface area contributed by atoms with Crippen LogP contribution in [0.1, 0.15) is 24.5 Å². The molecule has 0 spiro atoms. The van der Waals surface area contributed by atoms with Crippen molar-refractivity contribution in [1.29, 1.82) is 0 Å². The van der Waals surface area contributed by atoms with Gasteiger partial charge in [-0.1, -0.05) is 36.4 Å². The van der Waals surface area contributed by atoms with Gasteiger partial charge >= 0.3 is 0 Å². The highest BCUT2D eigenvalue weighted by Crippen LogP contribution is 2.22. The van der Waals surface area contributed by atoms with Crippen LogP contribution in [0.3, 0.4) is 0 Å². The summed E-state index contributed by atoms with van der Waals surface area (Å²) in [6, 6.07) is 14.2. The smallest absolute Gasteiger partial charge is 0.292 e. The van der Waals surface area contributed by atoms with E-state index in [1.807, 2.05) is 31.2 Å². The highest BCUT2D eigenvalue weighted by molar-refractivity contribution is 5.76. The fourth-order valence-corrected chi connectivity index (χ4v) is 2.66. The van der Waals surface area contributed by atoms with Gasteiger partial charge in [-0.15, -0.1) is 0 Å². The Hall–Kier alpha value is -2.97. The van der Waals surface area contributed by atoms with Crippen LogP contribution in [-0.2, 0) is 27.4 Å². The Morgan fingerprint density at radius 2 is 1.83 bits per heavy atom. The van der Waals surface area contributed by atoms with Crippen molar-refractivity contribution < 1.29 is 19.2 Å². The molecule has 0 aliphatic carbocycles. The van der Waals surface area contributed by atoms with E-state index in [2.05, 4.69) is 10.6 Å². The maximum absolute atomic E-state index is 12.1. The van der Waals surface area contributed by atoms with Gasteiger partial charge in [-0.2, -0.15) is 0 Å². The van der Waals surface area contributed by atoms with Crippen LogP contribution in [0, 0.1) is 10.1 Å². The fourth-order valence-electron chi connectivity index (χ4n) is 2.66. The molecule has 0 aliphatic rings.